The fraction of sp³-hybridized carbons (Fsp3) is 0.462. The highest BCUT2D eigenvalue weighted by molar-refractivity contribution is 8.13. The number of rotatable bonds is 2. The van der Waals surface area contributed by atoms with Gasteiger partial charge in [-0.25, -0.2) is 8.42 Å². The molecule has 0 spiro atoms. The Morgan fingerprint density at radius 3 is 2.50 bits per heavy atom. The second kappa shape index (κ2) is 5.54. The van der Waals surface area contributed by atoms with Crippen molar-refractivity contribution in [3.05, 3.63) is 28.8 Å². The molecule has 2 rings (SSSR count). The van der Waals surface area contributed by atoms with Gasteiger partial charge < -0.3 is 4.90 Å². The third kappa shape index (κ3) is 2.95. The molecule has 1 heterocycles. The highest BCUT2D eigenvalue weighted by atomic mass is 35.7. The van der Waals surface area contributed by atoms with E-state index in [4.69, 9.17) is 22.3 Å². The Kier molecular flexibility index (Phi) is 4.33. The number of carbonyl (C=O) groups excluding carboxylic acids is 1. The van der Waals surface area contributed by atoms with Crippen molar-refractivity contribution in [1.29, 1.82) is 0 Å². The molecular weight excluding hydrogens is 321 g/mol. The number of benzene rings is 1. The van der Waals surface area contributed by atoms with Gasteiger partial charge in [0.15, 0.2) is 0 Å². The highest BCUT2D eigenvalue weighted by Crippen LogP contribution is 2.31. The van der Waals surface area contributed by atoms with Gasteiger partial charge in [0.25, 0.3) is 15.0 Å². The lowest BCUT2D eigenvalue weighted by Crippen LogP contribution is -2.34. The molecule has 0 radical (unpaired) electrons. The number of carbonyl (C=O) groups is 1. The summed E-state index contributed by atoms with van der Waals surface area (Å²) < 4.78 is 23.2. The van der Waals surface area contributed by atoms with Crippen molar-refractivity contribution < 1.29 is 13.2 Å². The molecule has 1 amide bonds. The van der Waals surface area contributed by atoms with Gasteiger partial charge in [-0.1, -0.05) is 24.6 Å². The van der Waals surface area contributed by atoms with E-state index in [-0.39, 0.29) is 27.4 Å². The number of hydrogen-bond donors (Lipinski definition) is 0. The van der Waals surface area contributed by atoms with E-state index in [1.807, 2.05) is 6.92 Å². The van der Waals surface area contributed by atoms with Crippen LogP contribution in [-0.2, 0) is 9.05 Å². The van der Waals surface area contributed by atoms with Crippen molar-refractivity contribution in [2.24, 2.45) is 5.92 Å². The molecule has 1 aliphatic heterocycles. The number of hydrogen-bond acceptors (Lipinski definition) is 3. The minimum absolute atomic E-state index is 0.0369. The van der Waals surface area contributed by atoms with Crippen molar-refractivity contribution in [2.45, 2.75) is 31.2 Å². The van der Waals surface area contributed by atoms with E-state index in [2.05, 4.69) is 6.92 Å². The lowest BCUT2D eigenvalue weighted by Gasteiger charge is -2.23. The van der Waals surface area contributed by atoms with Crippen LogP contribution in [0.2, 0.25) is 5.02 Å². The molecule has 2 unspecified atom stereocenters. The Balaban J connectivity index is 2.50. The molecule has 0 bridgehead atoms. The van der Waals surface area contributed by atoms with E-state index in [9.17, 15) is 13.2 Å². The first-order valence-corrected chi connectivity index (χ1v) is 8.94. The standard InChI is InChI=1S/C13H15Cl2NO3S/c1-8-6-9(2)16(7-8)13(17)12-10(14)4-3-5-11(12)20(15,18)19/h3-5,8-9H,6-7H2,1-2H3. The maximum absolute atomic E-state index is 12.6. The second-order valence-electron chi connectivity index (χ2n) is 5.20. The highest BCUT2D eigenvalue weighted by Gasteiger charge is 2.34. The fourth-order valence-corrected chi connectivity index (χ4v) is 4.02. The van der Waals surface area contributed by atoms with Gasteiger partial charge in [0.2, 0.25) is 0 Å². The first kappa shape index (κ1) is 15.6. The predicted octanol–water partition coefficient (Wildman–Crippen LogP) is 3.14. The topological polar surface area (TPSA) is 54.5 Å². The predicted molar refractivity (Wildman–Crippen MR) is 78.8 cm³/mol. The van der Waals surface area contributed by atoms with Gasteiger partial charge in [-0.15, -0.1) is 0 Å². The third-order valence-corrected chi connectivity index (χ3v) is 5.18. The van der Waals surface area contributed by atoms with Crippen LogP contribution in [0.5, 0.6) is 0 Å². The Morgan fingerprint density at radius 2 is 2.00 bits per heavy atom. The number of nitrogens with zero attached hydrogens (tertiary/aromatic N) is 1. The Hall–Kier alpha value is -0.780. The third-order valence-electron chi connectivity index (χ3n) is 3.50. The van der Waals surface area contributed by atoms with E-state index < -0.39 is 9.05 Å². The number of amides is 1. The van der Waals surface area contributed by atoms with Crippen LogP contribution in [0, 0.1) is 5.92 Å². The lowest BCUT2D eigenvalue weighted by atomic mass is 10.1. The Labute approximate surface area is 128 Å². The van der Waals surface area contributed by atoms with Gasteiger partial charge in [-0.2, -0.15) is 0 Å². The molecule has 0 saturated carbocycles. The summed E-state index contributed by atoms with van der Waals surface area (Å²) in [7, 11) is 1.37. The van der Waals surface area contributed by atoms with Crippen LogP contribution in [-0.4, -0.2) is 31.8 Å². The monoisotopic (exact) mass is 335 g/mol. The summed E-state index contributed by atoms with van der Waals surface area (Å²) in [6.07, 6.45) is 0.888. The SMILES string of the molecule is CC1CC(C)N(C(=O)c2c(Cl)cccc2S(=O)(=O)Cl)C1. The maximum Gasteiger partial charge on any atom is 0.262 e. The molecule has 1 aromatic rings. The first-order valence-electron chi connectivity index (χ1n) is 6.26. The van der Waals surface area contributed by atoms with Crippen molar-refractivity contribution in [3.8, 4) is 0 Å². The van der Waals surface area contributed by atoms with Crippen LogP contribution >= 0.6 is 22.3 Å². The van der Waals surface area contributed by atoms with Crippen LogP contribution in [0.1, 0.15) is 30.6 Å². The summed E-state index contributed by atoms with van der Waals surface area (Å²) in [6, 6.07) is 4.31. The second-order valence-corrected chi connectivity index (χ2v) is 8.14. The van der Waals surface area contributed by atoms with Crippen molar-refractivity contribution in [2.75, 3.05) is 6.54 Å². The zero-order valence-electron chi connectivity index (χ0n) is 11.1. The molecule has 110 valence electrons. The Morgan fingerprint density at radius 1 is 1.35 bits per heavy atom. The molecule has 1 saturated heterocycles. The fourth-order valence-electron chi connectivity index (χ4n) is 2.64. The van der Waals surface area contributed by atoms with Gasteiger partial charge in [-0.05, 0) is 31.4 Å². The Bertz CT molecular complexity index is 645. The molecule has 1 fully saturated rings. The minimum atomic E-state index is -4.02. The van der Waals surface area contributed by atoms with Gasteiger partial charge in [0.1, 0.15) is 0 Å². The molecule has 1 aliphatic rings. The van der Waals surface area contributed by atoms with Gasteiger partial charge >= 0.3 is 0 Å². The molecule has 0 aliphatic carbocycles. The molecule has 0 N–H and O–H groups in total. The molecule has 4 nitrogen and oxygen atoms in total. The molecule has 0 aromatic heterocycles. The van der Waals surface area contributed by atoms with E-state index >= 15 is 0 Å². The van der Waals surface area contributed by atoms with Crippen LogP contribution in [0.25, 0.3) is 0 Å². The summed E-state index contributed by atoms with van der Waals surface area (Å²) in [5.41, 5.74) is -0.0369. The van der Waals surface area contributed by atoms with E-state index in [1.54, 1.807) is 4.90 Å². The van der Waals surface area contributed by atoms with E-state index in [0.29, 0.717) is 12.5 Å². The van der Waals surface area contributed by atoms with Gasteiger partial charge in [0, 0.05) is 23.3 Å². The normalized spacial score (nSPS) is 23.1. The average molecular weight is 336 g/mol. The maximum atomic E-state index is 12.6. The summed E-state index contributed by atoms with van der Waals surface area (Å²) in [6.45, 7) is 4.58. The molecule has 2 atom stereocenters. The largest absolute Gasteiger partial charge is 0.336 e. The zero-order valence-corrected chi connectivity index (χ0v) is 13.5. The van der Waals surface area contributed by atoms with Gasteiger partial charge in [0.05, 0.1) is 15.5 Å². The van der Waals surface area contributed by atoms with E-state index in [0.717, 1.165) is 6.42 Å². The van der Waals surface area contributed by atoms with Gasteiger partial charge in [-0.3, -0.25) is 4.79 Å². The van der Waals surface area contributed by atoms with Crippen LogP contribution in [0.4, 0.5) is 0 Å². The van der Waals surface area contributed by atoms with Crippen LogP contribution in [0.3, 0.4) is 0 Å². The summed E-state index contributed by atoms with van der Waals surface area (Å²) >= 11 is 6.02. The molecular formula is C13H15Cl2NO3S. The average Bonchev–Trinajstić information content (AvgIpc) is 2.66. The van der Waals surface area contributed by atoms with Crippen molar-refractivity contribution >= 4 is 37.2 Å². The quantitative estimate of drug-likeness (QED) is 0.780. The molecule has 20 heavy (non-hydrogen) atoms. The summed E-state index contributed by atoms with van der Waals surface area (Å²) in [5.74, 6) is -0.000767. The summed E-state index contributed by atoms with van der Waals surface area (Å²) in [5, 5.41) is 0.100. The number of likely N-dealkylation sites (tertiary alicyclic amines) is 1. The van der Waals surface area contributed by atoms with E-state index in [1.165, 1.54) is 18.2 Å². The lowest BCUT2D eigenvalue weighted by molar-refractivity contribution is 0.0740. The number of halogens is 2. The molecule has 7 heteroatoms. The van der Waals surface area contributed by atoms with Crippen LogP contribution in [0.15, 0.2) is 23.1 Å². The zero-order chi connectivity index (χ0) is 15.1. The van der Waals surface area contributed by atoms with Crippen molar-refractivity contribution in [1.82, 2.24) is 4.90 Å². The minimum Gasteiger partial charge on any atom is -0.336 e. The molecule has 1 aromatic carbocycles. The van der Waals surface area contributed by atoms with Crippen molar-refractivity contribution in [3.63, 3.8) is 0 Å². The first-order chi connectivity index (χ1) is 9.21. The van der Waals surface area contributed by atoms with Crippen LogP contribution < -0.4 is 0 Å². The summed E-state index contributed by atoms with van der Waals surface area (Å²) in [4.78, 5) is 14.0. The smallest absolute Gasteiger partial charge is 0.262 e.